The van der Waals surface area contributed by atoms with Crippen LogP contribution in [0.2, 0.25) is 0 Å². The van der Waals surface area contributed by atoms with E-state index >= 15 is 0 Å². The first-order valence-electron chi connectivity index (χ1n) is 12.5. The summed E-state index contributed by atoms with van der Waals surface area (Å²) in [4.78, 5) is 12.0. The van der Waals surface area contributed by atoms with Crippen LogP contribution in [0.1, 0.15) is 41.9 Å². The van der Waals surface area contributed by atoms with Gasteiger partial charge in [0.25, 0.3) is 6.43 Å². The van der Waals surface area contributed by atoms with Gasteiger partial charge in [0, 0.05) is 18.8 Å². The van der Waals surface area contributed by atoms with E-state index in [1.165, 1.54) is 17.5 Å². The molecule has 1 aliphatic heterocycles. The minimum Gasteiger partial charge on any atom is -0.438 e. The average molecular weight is 537 g/mol. The van der Waals surface area contributed by atoms with Crippen molar-refractivity contribution in [2.24, 2.45) is 7.05 Å². The molecule has 1 aliphatic rings. The summed E-state index contributed by atoms with van der Waals surface area (Å²) < 4.78 is 39.8. The number of aromatic nitrogens is 4. The molecule has 0 unspecified atom stereocenters. The molecule has 38 heavy (non-hydrogen) atoms. The fourth-order valence-corrected chi connectivity index (χ4v) is 5.24. The third-order valence-electron chi connectivity index (χ3n) is 6.76. The summed E-state index contributed by atoms with van der Waals surface area (Å²) in [6.07, 6.45) is 2.88. The summed E-state index contributed by atoms with van der Waals surface area (Å²) in [5.41, 5.74) is 2.46. The third kappa shape index (κ3) is 5.97. The van der Waals surface area contributed by atoms with Crippen molar-refractivity contribution in [1.82, 2.24) is 24.6 Å². The highest BCUT2D eigenvalue weighted by molar-refractivity contribution is 8.00. The van der Waals surface area contributed by atoms with E-state index in [0.717, 1.165) is 36.4 Å². The summed E-state index contributed by atoms with van der Waals surface area (Å²) in [6.45, 7) is 4.00. The molecular weight excluding hydrogens is 506 g/mol. The van der Waals surface area contributed by atoms with Crippen molar-refractivity contribution in [3.8, 4) is 22.9 Å². The Labute approximate surface area is 225 Å². The zero-order valence-electron chi connectivity index (χ0n) is 21.6. The number of nitrogens with one attached hydrogen (secondary N) is 1. The molecule has 0 bridgehead atoms. The van der Waals surface area contributed by atoms with E-state index in [9.17, 15) is 8.78 Å². The van der Waals surface area contributed by atoms with Gasteiger partial charge in [0.1, 0.15) is 11.3 Å². The number of rotatable bonds is 8. The molecule has 0 aliphatic carbocycles. The smallest absolute Gasteiger partial charge is 0.271 e. The minimum absolute atomic E-state index is 0.139. The van der Waals surface area contributed by atoms with Crippen molar-refractivity contribution in [2.75, 3.05) is 24.9 Å². The fraction of sp³-hybridized carbons (Fsp3) is 0.321. The Bertz CT molecular complexity index is 1390. The van der Waals surface area contributed by atoms with Crippen molar-refractivity contribution in [2.45, 2.75) is 37.0 Å². The molecule has 4 aromatic rings. The maximum absolute atomic E-state index is 14.5. The Kier molecular flexibility index (Phi) is 7.90. The Morgan fingerprint density at radius 1 is 1.03 bits per heavy atom. The van der Waals surface area contributed by atoms with Crippen LogP contribution < -0.4 is 9.46 Å². The van der Waals surface area contributed by atoms with E-state index in [1.807, 2.05) is 56.6 Å². The molecule has 0 amide bonds. The van der Waals surface area contributed by atoms with E-state index in [2.05, 4.69) is 31.7 Å². The van der Waals surface area contributed by atoms with E-state index in [0.29, 0.717) is 17.2 Å². The number of alkyl halides is 2. The summed E-state index contributed by atoms with van der Waals surface area (Å²) >= 11 is 1.24. The lowest BCUT2D eigenvalue weighted by Gasteiger charge is -2.29. The number of hydrogen-bond donors (Lipinski definition) is 1. The molecule has 5 rings (SSSR count). The molecule has 7 nitrogen and oxygen atoms in total. The number of nitrogens with zero attached hydrogens (tertiary/aromatic N) is 5. The topological polar surface area (TPSA) is 68.1 Å². The maximum Gasteiger partial charge on any atom is 0.271 e. The van der Waals surface area contributed by atoms with Crippen molar-refractivity contribution < 1.29 is 13.5 Å². The van der Waals surface area contributed by atoms with Gasteiger partial charge in [0.05, 0.1) is 16.8 Å². The monoisotopic (exact) mass is 536 g/mol. The first-order chi connectivity index (χ1) is 18.4. The summed E-state index contributed by atoms with van der Waals surface area (Å²) in [5.74, 6) is 0.932. The average Bonchev–Trinajstić information content (AvgIpc) is 3.33. The van der Waals surface area contributed by atoms with Gasteiger partial charge in [-0.3, -0.25) is 9.40 Å². The molecular formula is C28H30F2N6OS. The second-order valence-corrected chi connectivity index (χ2v) is 10.4. The second kappa shape index (κ2) is 11.5. The summed E-state index contributed by atoms with van der Waals surface area (Å²) in [7, 11) is 3.96. The van der Waals surface area contributed by atoms with Crippen LogP contribution in [0.25, 0.3) is 11.3 Å². The van der Waals surface area contributed by atoms with Gasteiger partial charge in [-0.15, -0.1) is 0 Å². The summed E-state index contributed by atoms with van der Waals surface area (Å²) in [6, 6.07) is 15.0. The van der Waals surface area contributed by atoms with Gasteiger partial charge < -0.3 is 9.64 Å². The lowest BCUT2D eigenvalue weighted by atomic mass is 9.90. The highest BCUT2D eigenvalue weighted by Crippen LogP contribution is 2.40. The van der Waals surface area contributed by atoms with Crippen LogP contribution in [0.15, 0.2) is 65.8 Å². The molecule has 0 atom stereocenters. The van der Waals surface area contributed by atoms with Gasteiger partial charge in [-0.25, -0.2) is 13.8 Å². The van der Waals surface area contributed by atoms with Crippen molar-refractivity contribution in [3.05, 3.63) is 77.6 Å². The maximum atomic E-state index is 14.5. The van der Waals surface area contributed by atoms with Crippen LogP contribution in [0, 0.1) is 6.92 Å². The first-order valence-corrected chi connectivity index (χ1v) is 13.3. The van der Waals surface area contributed by atoms with Gasteiger partial charge in [-0.1, -0.05) is 36.4 Å². The Morgan fingerprint density at radius 3 is 2.42 bits per heavy atom. The van der Waals surface area contributed by atoms with E-state index < -0.39 is 6.43 Å². The van der Waals surface area contributed by atoms with E-state index in [4.69, 9.17) is 4.74 Å². The number of anilines is 1. The van der Waals surface area contributed by atoms with Crippen LogP contribution >= 0.6 is 11.9 Å². The normalized spacial score (nSPS) is 14.7. The van der Waals surface area contributed by atoms with Gasteiger partial charge in [0.2, 0.25) is 11.8 Å². The van der Waals surface area contributed by atoms with Crippen molar-refractivity contribution >= 4 is 17.9 Å². The highest BCUT2D eigenvalue weighted by Gasteiger charge is 2.26. The Morgan fingerprint density at radius 2 is 1.76 bits per heavy atom. The number of ether oxygens (including phenoxy) is 1. The molecule has 2 aromatic heterocycles. The lowest BCUT2D eigenvalue weighted by Crippen LogP contribution is -2.29. The molecule has 0 radical (unpaired) electrons. The van der Waals surface area contributed by atoms with E-state index in [1.54, 1.807) is 23.0 Å². The fourth-order valence-electron chi connectivity index (χ4n) is 4.63. The largest absolute Gasteiger partial charge is 0.438 e. The van der Waals surface area contributed by atoms with Crippen LogP contribution in [0.3, 0.4) is 0 Å². The van der Waals surface area contributed by atoms with Crippen LogP contribution in [-0.4, -0.2) is 44.8 Å². The second-order valence-electron chi connectivity index (χ2n) is 9.53. The lowest BCUT2D eigenvalue weighted by molar-refractivity contribution is 0.147. The molecule has 2 aromatic carbocycles. The standard InChI is InChI=1S/C28H30F2N6OS/c1-18-6-4-5-7-23(18)25-24(26(29)30)27(33-28(32-25)34-38-22-16-31-36(3)17-22)37-21-10-8-19(9-11-21)20-12-14-35(2)15-13-20/h4-11,16-17,20,26H,12-15H2,1-3H3,(H,32,33,34). The molecule has 1 N–H and O–H groups in total. The quantitative estimate of drug-likeness (QED) is 0.247. The number of hydrogen-bond acceptors (Lipinski definition) is 7. The van der Waals surface area contributed by atoms with Crippen LogP contribution in [0.5, 0.6) is 11.6 Å². The van der Waals surface area contributed by atoms with Crippen LogP contribution in [0.4, 0.5) is 14.7 Å². The number of aryl methyl sites for hydroxylation is 2. The van der Waals surface area contributed by atoms with Gasteiger partial charge in [-0.2, -0.15) is 10.1 Å². The number of likely N-dealkylation sites (tertiary alicyclic amines) is 1. The summed E-state index contributed by atoms with van der Waals surface area (Å²) in [5, 5.41) is 4.15. The number of benzene rings is 2. The van der Waals surface area contributed by atoms with Gasteiger partial charge in [-0.05, 0) is 81.0 Å². The van der Waals surface area contributed by atoms with Gasteiger partial charge in [0.15, 0.2) is 0 Å². The Hall–Kier alpha value is -3.50. The van der Waals surface area contributed by atoms with Crippen molar-refractivity contribution in [1.29, 1.82) is 0 Å². The molecule has 1 fully saturated rings. The molecule has 198 valence electrons. The minimum atomic E-state index is -2.84. The molecule has 1 saturated heterocycles. The molecule has 0 saturated carbocycles. The third-order valence-corrected chi connectivity index (χ3v) is 7.49. The predicted octanol–water partition coefficient (Wildman–Crippen LogP) is 6.84. The highest BCUT2D eigenvalue weighted by atomic mass is 32.2. The molecule has 10 heteroatoms. The molecule has 3 heterocycles. The molecule has 0 spiro atoms. The predicted molar refractivity (Wildman–Crippen MR) is 146 cm³/mol. The number of halogens is 2. The van der Waals surface area contributed by atoms with Gasteiger partial charge >= 0.3 is 0 Å². The van der Waals surface area contributed by atoms with Crippen molar-refractivity contribution in [3.63, 3.8) is 0 Å². The van der Waals surface area contributed by atoms with Crippen LogP contribution in [-0.2, 0) is 7.05 Å². The number of piperidine rings is 1. The Balaban J connectivity index is 1.48. The SMILES string of the molecule is Cc1ccccc1-c1nc(NSc2cnn(C)c2)nc(Oc2ccc(C3CCN(C)CC3)cc2)c1C(F)F. The zero-order chi connectivity index (χ0) is 26.6. The van der Waals surface area contributed by atoms with E-state index in [-0.39, 0.29) is 23.1 Å². The zero-order valence-corrected chi connectivity index (χ0v) is 22.4. The first kappa shape index (κ1) is 26.1.